The van der Waals surface area contributed by atoms with Gasteiger partial charge in [0.25, 0.3) is 5.91 Å². The van der Waals surface area contributed by atoms with Crippen LogP contribution in [0, 0.1) is 6.92 Å². The molecule has 148 valence electrons. The topological polar surface area (TPSA) is 88.3 Å². The van der Waals surface area contributed by atoms with E-state index in [4.69, 9.17) is 0 Å². The van der Waals surface area contributed by atoms with E-state index in [0.717, 1.165) is 16.8 Å². The molecule has 1 amide bonds. The van der Waals surface area contributed by atoms with Gasteiger partial charge in [-0.25, -0.2) is 9.48 Å². The normalized spacial score (nSPS) is 18.8. The molecule has 4 rings (SSSR count). The third kappa shape index (κ3) is 3.18. The maximum Gasteiger partial charge on any atom is 0.329 e. The van der Waals surface area contributed by atoms with Crippen LogP contribution in [0.5, 0.6) is 0 Å². The smallest absolute Gasteiger partial charge is 0.329 e. The quantitative estimate of drug-likeness (QED) is 0.738. The van der Waals surface area contributed by atoms with Crippen LogP contribution in [0.3, 0.4) is 0 Å². The standard InChI is InChI=1S/C22H22N4O3/c1-15-19(20(27)25-14-6-13-22(25,2)21(28)29)23-24-26(15)18-11-9-17(10-12-18)16-7-4-3-5-8-16/h3-5,7-12H,6,13-14H2,1-2H3,(H,28,29). The van der Waals surface area contributed by atoms with Crippen LogP contribution < -0.4 is 0 Å². The number of aliphatic carboxylic acids is 1. The SMILES string of the molecule is Cc1c(C(=O)N2CCCC2(C)C(=O)O)nnn1-c1ccc(-c2ccccc2)cc1. The molecule has 3 aromatic rings. The van der Waals surface area contributed by atoms with Gasteiger partial charge in [-0.2, -0.15) is 0 Å². The van der Waals surface area contributed by atoms with Gasteiger partial charge in [0.15, 0.2) is 5.69 Å². The summed E-state index contributed by atoms with van der Waals surface area (Å²) in [6.45, 7) is 3.76. The fourth-order valence-corrected chi connectivity index (χ4v) is 3.84. The zero-order valence-electron chi connectivity index (χ0n) is 16.4. The molecule has 1 saturated heterocycles. The molecule has 7 heteroatoms. The molecule has 2 heterocycles. The maximum absolute atomic E-state index is 13.0. The number of aromatic nitrogens is 3. The molecule has 29 heavy (non-hydrogen) atoms. The Balaban J connectivity index is 1.62. The summed E-state index contributed by atoms with van der Waals surface area (Å²) >= 11 is 0. The second-order valence-electron chi connectivity index (χ2n) is 7.49. The lowest BCUT2D eigenvalue weighted by molar-refractivity contribution is -0.147. The van der Waals surface area contributed by atoms with Gasteiger partial charge in [0, 0.05) is 6.54 Å². The van der Waals surface area contributed by atoms with E-state index in [0.29, 0.717) is 25.1 Å². The Labute approximate surface area is 168 Å². The van der Waals surface area contributed by atoms with Crippen LogP contribution in [0.4, 0.5) is 0 Å². The number of carbonyl (C=O) groups is 2. The Hall–Kier alpha value is -3.48. The van der Waals surface area contributed by atoms with Gasteiger partial charge < -0.3 is 10.0 Å². The number of likely N-dealkylation sites (tertiary alicyclic amines) is 1. The Kier molecular flexibility index (Phi) is 4.66. The number of rotatable bonds is 4. The molecule has 0 saturated carbocycles. The van der Waals surface area contributed by atoms with E-state index >= 15 is 0 Å². The zero-order chi connectivity index (χ0) is 20.6. The summed E-state index contributed by atoms with van der Waals surface area (Å²) < 4.78 is 1.61. The Morgan fingerprint density at radius 2 is 1.69 bits per heavy atom. The second-order valence-corrected chi connectivity index (χ2v) is 7.49. The summed E-state index contributed by atoms with van der Waals surface area (Å²) in [6, 6.07) is 17.9. The van der Waals surface area contributed by atoms with Crippen LogP contribution in [0.15, 0.2) is 54.6 Å². The van der Waals surface area contributed by atoms with E-state index in [1.165, 1.54) is 4.90 Å². The average Bonchev–Trinajstić information content (AvgIpc) is 3.32. The van der Waals surface area contributed by atoms with Gasteiger partial charge >= 0.3 is 5.97 Å². The van der Waals surface area contributed by atoms with Gasteiger partial charge in [-0.05, 0) is 49.9 Å². The minimum Gasteiger partial charge on any atom is -0.480 e. The number of hydrogen-bond acceptors (Lipinski definition) is 4. The highest BCUT2D eigenvalue weighted by Crippen LogP contribution is 2.31. The van der Waals surface area contributed by atoms with Crippen molar-refractivity contribution < 1.29 is 14.7 Å². The third-order valence-corrected chi connectivity index (χ3v) is 5.66. The number of benzene rings is 2. The summed E-state index contributed by atoms with van der Waals surface area (Å²) in [7, 11) is 0. The fraction of sp³-hybridized carbons (Fsp3) is 0.273. The predicted octanol–water partition coefficient (Wildman–Crippen LogP) is 3.32. The number of hydrogen-bond donors (Lipinski definition) is 1. The van der Waals surface area contributed by atoms with Gasteiger partial charge in [-0.1, -0.05) is 47.7 Å². The molecule has 0 aliphatic carbocycles. The van der Waals surface area contributed by atoms with E-state index in [1.54, 1.807) is 18.5 Å². The first-order valence-corrected chi connectivity index (χ1v) is 9.55. The molecule has 1 aromatic heterocycles. The van der Waals surface area contributed by atoms with Crippen molar-refractivity contribution in [3.8, 4) is 16.8 Å². The molecule has 0 bridgehead atoms. The van der Waals surface area contributed by atoms with E-state index in [-0.39, 0.29) is 5.69 Å². The first-order chi connectivity index (χ1) is 13.9. The molecule has 1 N–H and O–H groups in total. The zero-order valence-corrected chi connectivity index (χ0v) is 16.4. The van der Waals surface area contributed by atoms with Gasteiger partial charge in [-0.15, -0.1) is 5.10 Å². The van der Waals surface area contributed by atoms with Gasteiger partial charge in [0.2, 0.25) is 0 Å². The lowest BCUT2D eigenvalue weighted by Crippen LogP contribution is -2.51. The third-order valence-electron chi connectivity index (χ3n) is 5.66. The first kappa shape index (κ1) is 18.9. The summed E-state index contributed by atoms with van der Waals surface area (Å²) in [5.74, 6) is -1.39. The predicted molar refractivity (Wildman–Crippen MR) is 108 cm³/mol. The van der Waals surface area contributed by atoms with Crippen LogP contribution in [0.1, 0.15) is 35.9 Å². The number of carbonyl (C=O) groups excluding carboxylic acids is 1. The molecule has 7 nitrogen and oxygen atoms in total. The van der Waals surface area contributed by atoms with Crippen LogP contribution in [-0.2, 0) is 4.79 Å². The maximum atomic E-state index is 13.0. The molecule has 1 atom stereocenters. The Morgan fingerprint density at radius 1 is 1.03 bits per heavy atom. The average molecular weight is 390 g/mol. The summed E-state index contributed by atoms with van der Waals surface area (Å²) in [5.41, 5.74) is 2.56. The Morgan fingerprint density at radius 3 is 2.34 bits per heavy atom. The highest BCUT2D eigenvalue weighted by Gasteiger charge is 2.47. The van der Waals surface area contributed by atoms with Crippen LogP contribution in [-0.4, -0.2) is 49.0 Å². The molecule has 1 aliphatic heterocycles. The first-order valence-electron chi connectivity index (χ1n) is 9.55. The summed E-state index contributed by atoms with van der Waals surface area (Å²) in [5, 5.41) is 17.8. The van der Waals surface area contributed by atoms with Crippen LogP contribution in [0.2, 0.25) is 0 Å². The molecule has 2 aromatic carbocycles. The highest BCUT2D eigenvalue weighted by molar-refractivity contribution is 5.97. The molecule has 0 spiro atoms. The van der Waals surface area contributed by atoms with Crippen molar-refractivity contribution in [2.24, 2.45) is 0 Å². The van der Waals surface area contributed by atoms with Crippen LogP contribution >= 0.6 is 0 Å². The van der Waals surface area contributed by atoms with Crippen molar-refractivity contribution in [2.45, 2.75) is 32.2 Å². The summed E-state index contributed by atoms with van der Waals surface area (Å²) in [4.78, 5) is 26.1. The van der Waals surface area contributed by atoms with E-state index in [1.807, 2.05) is 54.6 Å². The number of carboxylic acid groups (broad SMARTS) is 1. The van der Waals surface area contributed by atoms with Crippen molar-refractivity contribution in [2.75, 3.05) is 6.54 Å². The van der Waals surface area contributed by atoms with E-state index in [9.17, 15) is 14.7 Å². The monoisotopic (exact) mass is 390 g/mol. The second kappa shape index (κ2) is 7.16. The summed E-state index contributed by atoms with van der Waals surface area (Å²) in [6.07, 6.45) is 1.09. The largest absolute Gasteiger partial charge is 0.480 e. The molecular formula is C22H22N4O3. The van der Waals surface area contributed by atoms with Crippen molar-refractivity contribution >= 4 is 11.9 Å². The lowest BCUT2D eigenvalue weighted by atomic mass is 9.99. The van der Waals surface area contributed by atoms with Gasteiger partial charge in [0.05, 0.1) is 11.4 Å². The number of carboxylic acids is 1. The number of amides is 1. The van der Waals surface area contributed by atoms with Gasteiger partial charge in [-0.3, -0.25) is 4.79 Å². The van der Waals surface area contributed by atoms with E-state index < -0.39 is 17.4 Å². The van der Waals surface area contributed by atoms with E-state index in [2.05, 4.69) is 10.3 Å². The lowest BCUT2D eigenvalue weighted by Gasteiger charge is -2.30. The van der Waals surface area contributed by atoms with Crippen LogP contribution in [0.25, 0.3) is 16.8 Å². The molecule has 1 aliphatic rings. The molecular weight excluding hydrogens is 368 g/mol. The highest BCUT2D eigenvalue weighted by atomic mass is 16.4. The molecule has 0 radical (unpaired) electrons. The van der Waals surface area contributed by atoms with Gasteiger partial charge in [0.1, 0.15) is 5.54 Å². The van der Waals surface area contributed by atoms with Crippen molar-refractivity contribution in [1.29, 1.82) is 0 Å². The minimum absolute atomic E-state index is 0.187. The van der Waals surface area contributed by atoms with Crippen molar-refractivity contribution in [1.82, 2.24) is 19.9 Å². The molecule has 1 fully saturated rings. The number of nitrogens with zero attached hydrogens (tertiary/aromatic N) is 4. The van der Waals surface area contributed by atoms with Crippen molar-refractivity contribution in [3.63, 3.8) is 0 Å². The Bertz CT molecular complexity index is 1060. The molecule has 1 unspecified atom stereocenters. The fourth-order valence-electron chi connectivity index (χ4n) is 3.84. The van der Waals surface area contributed by atoms with Crippen molar-refractivity contribution in [3.05, 3.63) is 66.0 Å². The minimum atomic E-state index is -1.20.